The van der Waals surface area contributed by atoms with Crippen LogP contribution in [-0.4, -0.2) is 37.3 Å². The van der Waals surface area contributed by atoms with Crippen LogP contribution in [0.1, 0.15) is 23.2 Å². The van der Waals surface area contributed by atoms with Crippen molar-refractivity contribution in [2.75, 3.05) is 0 Å². The SMILES string of the molecule is O=C(NN1C(=O)[C@H]2C[C@H](Br)[C@@H](Br)C[C@H]2C1=O)c1ccc([N+](=O)[O-])cc1. The number of amides is 3. The minimum atomic E-state index is -0.666. The van der Waals surface area contributed by atoms with E-state index >= 15 is 0 Å². The zero-order valence-corrected chi connectivity index (χ0v) is 15.9. The molecule has 132 valence electrons. The van der Waals surface area contributed by atoms with E-state index in [0.29, 0.717) is 12.8 Å². The van der Waals surface area contributed by atoms with Crippen molar-refractivity contribution < 1.29 is 19.3 Å². The van der Waals surface area contributed by atoms with Gasteiger partial charge in [0.25, 0.3) is 23.4 Å². The van der Waals surface area contributed by atoms with Gasteiger partial charge in [-0.15, -0.1) is 0 Å². The average molecular weight is 475 g/mol. The number of carbonyl (C=O) groups is 3. The lowest BCUT2D eigenvalue weighted by Crippen LogP contribution is -2.46. The highest BCUT2D eigenvalue weighted by atomic mass is 79.9. The summed E-state index contributed by atoms with van der Waals surface area (Å²) < 4.78 is 0. The Balaban J connectivity index is 1.74. The fourth-order valence-electron chi connectivity index (χ4n) is 3.11. The van der Waals surface area contributed by atoms with Crippen LogP contribution in [0.25, 0.3) is 0 Å². The van der Waals surface area contributed by atoms with Gasteiger partial charge in [0.1, 0.15) is 0 Å². The summed E-state index contributed by atoms with van der Waals surface area (Å²) in [6, 6.07) is 4.92. The molecule has 1 saturated heterocycles. The maximum atomic E-state index is 12.5. The molecule has 10 heteroatoms. The largest absolute Gasteiger partial charge is 0.272 e. The van der Waals surface area contributed by atoms with Crippen LogP contribution in [0.4, 0.5) is 5.69 Å². The van der Waals surface area contributed by atoms with Gasteiger partial charge in [0.15, 0.2) is 0 Å². The second-order valence-electron chi connectivity index (χ2n) is 5.97. The molecule has 2 aliphatic rings. The summed E-state index contributed by atoms with van der Waals surface area (Å²) in [6.45, 7) is 0. The number of hydrazine groups is 1. The Kier molecular flexibility index (Phi) is 4.92. The Hall–Kier alpha value is -1.81. The molecule has 4 atom stereocenters. The number of rotatable bonds is 3. The Labute approximate surface area is 159 Å². The monoisotopic (exact) mass is 473 g/mol. The Morgan fingerprint density at radius 1 is 1.08 bits per heavy atom. The molecule has 0 radical (unpaired) electrons. The number of non-ortho nitro benzene ring substituents is 1. The first-order valence-electron chi connectivity index (χ1n) is 7.51. The van der Waals surface area contributed by atoms with Gasteiger partial charge >= 0.3 is 0 Å². The van der Waals surface area contributed by atoms with Crippen LogP contribution in [-0.2, 0) is 9.59 Å². The van der Waals surface area contributed by atoms with Crippen LogP contribution in [0.5, 0.6) is 0 Å². The number of carbonyl (C=O) groups excluding carboxylic acids is 3. The van der Waals surface area contributed by atoms with E-state index in [4.69, 9.17) is 0 Å². The summed E-state index contributed by atoms with van der Waals surface area (Å²) in [5.41, 5.74) is 2.30. The first-order chi connectivity index (χ1) is 11.8. The highest BCUT2D eigenvalue weighted by Crippen LogP contribution is 2.42. The number of alkyl halides is 2. The van der Waals surface area contributed by atoms with Gasteiger partial charge < -0.3 is 0 Å². The number of hydrogen-bond acceptors (Lipinski definition) is 5. The van der Waals surface area contributed by atoms with E-state index in [1.54, 1.807) is 0 Å². The molecule has 0 unspecified atom stereocenters. The van der Waals surface area contributed by atoms with Gasteiger partial charge in [-0.3, -0.25) is 29.9 Å². The molecule has 1 saturated carbocycles. The molecule has 25 heavy (non-hydrogen) atoms. The predicted molar refractivity (Wildman–Crippen MR) is 94.1 cm³/mol. The zero-order chi connectivity index (χ0) is 18.3. The summed E-state index contributed by atoms with van der Waals surface area (Å²) in [6.07, 6.45) is 1.02. The molecule has 0 spiro atoms. The fraction of sp³-hybridized carbons (Fsp3) is 0.400. The van der Waals surface area contributed by atoms with Crippen molar-refractivity contribution in [3.05, 3.63) is 39.9 Å². The van der Waals surface area contributed by atoms with Gasteiger partial charge in [-0.1, -0.05) is 31.9 Å². The van der Waals surface area contributed by atoms with Gasteiger partial charge in [0, 0.05) is 27.4 Å². The summed E-state index contributed by atoms with van der Waals surface area (Å²) in [5.74, 6) is -2.42. The van der Waals surface area contributed by atoms with Crippen molar-refractivity contribution in [2.24, 2.45) is 11.8 Å². The van der Waals surface area contributed by atoms with Gasteiger partial charge in [0.2, 0.25) is 0 Å². The highest BCUT2D eigenvalue weighted by molar-refractivity contribution is 9.12. The Bertz CT molecular complexity index is 726. The van der Waals surface area contributed by atoms with Crippen molar-refractivity contribution in [3.63, 3.8) is 0 Å². The van der Waals surface area contributed by atoms with Crippen molar-refractivity contribution in [3.8, 4) is 0 Å². The zero-order valence-electron chi connectivity index (χ0n) is 12.7. The van der Waals surface area contributed by atoms with Crippen molar-refractivity contribution in [2.45, 2.75) is 22.5 Å². The third kappa shape index (κ3) is 3.32. The third-order valence-electron chi connectivity index (χ3n) is 4.47. The topological polar surface area (TPSA) is 110 Å². The van der Waals surface area contributed by atoms with Crippen LogP contribution in [0.2, 0.25) is 0 Å². The van der Waals surface area contributed by atoms with Crippen LogP contribution >= 0.6 is 31.9 Å². The molecule has 3 rings (SSSR count). The maximum absolute atomic E-state index is 12.5. The fourth-order valence-corrected chi connectivity index (χ4v) is 4.34. The molecule has 0 bridgehead atoms. The number of nitro groups is 1. The highest BCUT2D eigenvalue weighted by Gasteiger charge is 2.52. The minimum Gasteiger partial charge on any atom is -0.272 e. The quantitative estimate of drug-likeness (QED) is 0.312. The van der Waals surface area contributed by atoms with Gasteiger partial charge in [-0.05, 0) is 25.0 Å². The first-order valence-corrected chi connectivity index (χ1v) is 9.34. The Morgan fingerprint density at radius 3 is 2.00 bits per heavy atom. The lowest BCUT2D eigenvalue weighted by atomic mass is 9.81. The molecule has 1 aliphatic heterocycles. The normalized spacial score (nSPS) is 28.6. The predicted octanol–water partition coefficient (Wildman–Crippen LogP) is 2.16. The second kappa shape index (κ2) is 6.83. The van der Waals surface area contributed by atoms with Crippen LogP contribution < -0.4 is 5.43 Å². The summed E-state index contributed by atoms with van der Waals surface area (Å²) in [4.78, 5) is 47.4. The van der Waals surface area contributed by atoms with Gasteiger partial charge in [-0.25, -0.2) is 0 Å². The molecular formula is C15H13Br2N3O5. The number of fused-ring (bicyclic) bond motifs is 1. The molecule has 1 aliphatic carbocycles. The van der Waals surface area contributed by atoms with Gasteiger partial charge in [-0.2, -0.15) is 5.01 Å². The Morgan fingerprint density at radius 2 is 1.56 bits per heavy atom. The summed E-state index contributed by atoms with van der Waals surface area (Å²) in [7, 11) is 0. The molecule has 2 fully saturated rings. The molecule has 1 heterocycles. The van der Waals surface area contributed by atoms with Crippen molar-refractivity contribution in [1.29, 1.82) is 0 Å². The minimum absolute atomic E-state index is 0.0795. The number of imide groups is 1. The molecule has 1 aromatic carbocycles. The number of nitrogens with one attached hydrogen (secondary N) is 1. The number of hydrogen-bond donors (Lipinski definition) is 1. The van der Waals surface area contributed by atoms with E-state index < -0.39 is 34.5 Å². The van der Waals surface area contributed by atoms with Gasteiger partial charge in [0.05, 0.1) is 16.8 Å². The summed E-state index contributed by atoms with van der Waals surface area (Å²) >= 11 is 6.98. The molecule has 0 aromatic heterocycles. The van der Waals surface area contributed by atoms with E-state index in [1.807, 2.05) is 0 Å². The third-order valence-corrected chi connectivity index (χ3v) is 7.20. The number of benzene rings is 1. The standard InChI is InChI=1S/C15H13Br2N3O5/c16-11-5-9-10(6-12(11)17)15(23)19(14(9)22)18-13(21)7-1-3-8(4-2-7)20(24)25/h1-4,9-12H,5-6H2,(H,18,21)/t9-,10+,11-,12-/m0/s1. The van der Waals surface area contributed by atoms with Crippen molar-refractivity contribution >= 4 is 55.3 Å². The molecule has 8 nitrogen and oxygen atoms in total. The molecule has 1 aromatic rings. The smallest absolute Gasteiger partial charge is 0.270 e. The van der Waals surface area contributed by atoms with E-state index in [0.717, 1.165) is 5.01 Å². The average Bonchev–Trinajstić information content (AvgIpc) is 2.80. The first kappa shape index (κ1) is 18.0. The van der Waals surface area contributed by atoms with Crippen LogP contribution in [0.3, 0.4) is 0 Å². The van der Waals surface area contributed by atoms with E-state index in [-0.39, 0.29) is 20.9 Å². The van der Waals surface area contributed by atoms with E-state index in [1.165, 1.54) is 24.3 Å². The van der Waals surface area contributed by atoms with Crippen molar-refractivity contribution in [1.82, 2.24) is 10.4 Å². The molecule has 1 N–H and O–H groups in total. The number of nitro benzene ring substituents is 1. The second-order valence-corrected chi connectivity index (χ2v) is 8.33. The summed E-state index contributed by atoms with van der Waals surface area (Å²) in [5, 5.41) is 11.4. The van der Waals surface area contributed by atoms with E-state index in [2.05, 4.69) is 37.3 Å². The number of halogens is 2. The maximum Gasteiger partial charge on any atom is 0.270 e. The lowest BCUT2D eigenvalue weighted by molar-refractivity contribution is -0.384. The molecular weight excluding hydrogens is 462 g/mol. The molecule has 3 amide bonds. The van der Waals surface area contributed by atoms with Crippen LogP contribution in [0, 0.1) is 22.0 Å². The van der Waals surface area contributed by atoms with E-state index in [9.17, 15) is 24.5 Å². The lowest BCUT2D eigenvalue weighted by Gasteiger charge is -2.29. The number of nitrogens with zero attached hydrogens (tertiary/aromatic N) is 2. The van der Waals surface area contributed by atoms with Crippen LogP contribution in [0.15, 0.2) is 24.3 Å².